The number of thiophene rings is 1. The lowest BCUT2D eigenvalue weighted by Crippen LogP contribution is -2.16. The van der Waals surface area contributed by atoms with E-state index in [-0.39, 0.29) is 0 Å². The van der Waals surface area contributed by atoms with Crippen molar-refractivity contribution in [2.75, 3.05) is 11.9 Å². The van der Waals surface area contributed by atoms with Crippen LogP contribution in [0.15, 0.2) is 24.4 Å². The second kappa shape index (κ2) is 6.08. The molecule has 94 valence electrons. The third-order valence-electron chi connectivity index (χ3n) is 2.28. The van der Waals surface area contributed by atoms with Crippen LogP contribution in [0.25, 0.3) is 0 Å². The van der Waals surface area contributed by atoms with Crippen LogP contribution < -0.4 is 11.1 Å². The fourth-order valence-corrected chi connectivity index (χ4v) is 2.70. The van der Waals surface area contributed by atoms with E-state index in [1.165, 1.54) is 4.88 Å². The van der Waals surface area contributed by atoms with Gasteiger partial charge in [0, 0.05) is 11.4 Å². The Kier molecular flexibility index (Phi) is 4.46. The third-order valence-corrected chi connectivity index (χ3v) is 3.79. The SMILES string of the molecule is NC(=S)c1ccnnc1NCCc1ccc(Cl)s1. The van der Waals surface area contributed by atoms with Crippen LogP contribution in [-0.4, -0.2) is 21.7 Å². The Labute approximate surface area is 119 Å². The number of anilines is 1. The van der Waals surface area contributed by atoms with E-state index < -0.39 is 0 Å². The first kappa shape index (κ1) is 13.2. The highest BCUT2D eigenvalue weighted by molar-refractivity contribution is 7.80. The number of nitrogens with one attached hydrogen (secondary N) is 1. The molecular formula is C11H11ClN4S2. The summed E-state index contributed by atoms with van der Waals surface area (Å²) in [6.07, 6.45) is 2.43. The molecule has 3 N–H and O–H groups in total. The molecule has 0 amide bonds. The number of hydrogen-bond donors (Lipinski definition) is 2. The van der Waals surface area contributed by atoms with Crippen LogP contribution in [0.3, 0.4) is 0 Å². The fourth-order valence-electron chi connectivity index (χ4n) is 1.45. The smallest absolute Gasteiger partial charge is 0.158 e. The Hall–Kier alpha value is -1.24. The first-order valence-corrected chi connectivity index (χ1v) is 6.86. The maximum atomic E-state index is 5.87. The molecule has 2 aromatic rings. The predicted molar refractivity (Wildman–Crippen MR) is 79.4 cm³/mol. The number of thiocarbonyl (C=S) groups is 1. The van der Waals surface area contributed by atoms with E-state index in [9.17, 15) is 0 Å². The largest absolute Gasteiger partial charge is 0.389 e. The fraction of sp³-hybridized carbons (Fsp3) is 0.182. The van der Waals surface area contributed by atoms with Gasteiger partial charge in [-0.3, -0.25) is 0 Å². The molecule has 18 heavy (non-hydrogen) atoms. The van der Waals surface area contributed by atoms with Crippen molar-refractivity contribution >= 4 is 46.0 Å². The highest BCUT2D eigenvalue weighted by Crippen LogP contribution is 2.21. The van der Waals surface area contributed by atoms with Crippen LogP contribution in [0.2, 0.25) is 4.34 Å². The van der Waals surface area contributed by atoms with Crippen LogP contribution in [0.4, 0.5) is 5.82 Å². The standard InChI is InChI=1S/C11H11ClN4S2/c12-9-2-1-7(18-9)3-5-14-11-8(10(13)17)4-6-15-16-11/h1-2,4,6H,3,5H2,(H2,13,17)(H,14,16). The summed E-state index contributed by atoms with van der Waals surface area (Å²) in [5.74, 6) is 0.618. The molecule has 0 aliphatic rings. The molecule has 2 heterocycles. The molecule has 0 aliphatic heterocycles. The van der Waals surface area contributed by atoms with Crippen LogP contribution in [0.5, 0.6) is 0 Å². The number of halogens is 1. The van der Waals surface area contributed by atoms with Crippen molar-refractivity contribution in [1.82, 2.24) is 10.2 Å². The second-order valence-electron chi connectivity index (χ2n) is 3.54. The molecule has 0 saturated carbocycles. The summed E-state index contributed by atoms with van der Waals surface area (Å²) in [5.41, 5.74) is 6.32. The quantitative estimate of drug-likeness (QED) is 0.830. The van der Waals surface area contributed by atoms with Crippen LogP contribution in [0.1, 0.15) is 10.4 Å². The molecule has 2 aromatic heterocycles. The van der Waals surface area contributed by atoms with Gasteiger partial charge in [0.15, 0.2) is 5.82 Å². The third kappa shape index (κ3) is 3.38. The molecule has 4 nitrogen and oxygen atoms in total. The lowest BCUT2D eigenvalue weighted by molar-refractivity contribution is 0.974. The van der Waals surface area contributed by atoms with Crippen molar-refractivity contribution in [3.05, 3.63) is 39.2 Å². The van der Waals surface area contributed by atoms with Crippen LogP contribution in [0, 0.1) is 0 Å². The van der Waals surface area contributed by atoms with E-state index in [0.717, 1.165) is 17.3 Å². The summed E-state index contributed by atoms with van der Waals surface area (Å²) >= 11 is 12.4. The Morgan fingerprint density at radius 2 is 2.28 bits per heavy atom. The van der Waals surface area contributed by atoms with Gasteiger partial charge in [0.25, 0.3) is 0 Å². The average molecular weight is 299 g/mol. The molecular weight excluding hydrogens is 288 g/mol. The topological polar surface area (TPSA) is 63.8 Å². The van der Waals surface area contributed by atoms with Crippen molar-refractivity contribution in [2.24, 2.45) is 5.73 Å². The van der Waals surface area contributed by atoms with Gasteiger partial charge in [0.2, 0.25) is 0 Å². The van der Waals surface area contributed by atoms with Gasteiger partial charge < -0.3 is 11.1 Å². The summed E-state index contributed by atoms with van der Waals surface area (Å²) in [6, 6.07) is 5.66. The highest BCUT2D eigenvalue weighted by atomic mass is 35.5. The number of hydrogen-bond acceptors (Lipinski definition) is 5. The normalized spacial score (nSPS) is 10.3. The zero-order valence-electron chi connectivity index (χ0n) is 9.39. The Balaban J connectivity index is 1.96. The van der Waals surface area contributed by atoms with E-state index in [1.807, 2.05) is 12.1 Å². The van der Waals surface area contributed by atoms with Crippen molar-refractivity contribution in [3.8, 4) is 0 Å². The molecule has 0 saturated heterocycles. The van der Waals surface area contributed by atoms with Crippen LogP contribution >= 0.6 is 35.2 Å². The molecule has 7 heteroatoms. The van der Waals surface area contributed by atoms with Crippen LogP contribution in [-0.2, 0) is 6.42 Å². The minimum absolute atomic E-state index is 0.312. The summed E-state index contributed by atoms with van der Waals surface area (Å²) in [7, 11) is 0. The molecule has 0 bridgehead atoms. The monoisotopic (exact) mass is 298 g/mol. The molecule has 0 spiro atoms. The maximum Gasteiger partial charge on any atom is 0.158 e. The second-order valence-corrected chi connectivity index (χ2v) is 5.78. The molecule has 0 aromatic carbocycles. The minimum atomic E-state index is 0.312. The highest BCUT2D eigenvalue weighted by Gasteiger charge is 2.06. The minimum Gasteiger partial charge on any atom is -0.389 e. The molecule has 2 rings (SSSR count). The summed E-state index contributed by atoms with van der Waals surface area (Å²) in [5, 5.41) is 11.0. The van der Waals surface area contributed by atoms with Gasteiger partial charge in [-0.15, -0.1) is 16.4 Å². The summed E-state index contributed by atoms with van der Waals surface area (Å²) in [6.45, 7) is 0.727. The number of nitrogens with zero attached hydrogens (tertiary/aromatic N) is 2. The lowest BCUT2D eigenvalue weighted by atomic mass is 10.2. The Bertz CT molecular complexity index is 555. The van der Waals surface area contributed by atoms with Gasteiger partial charge in [-0.2, -0.15) is 5.10 Å². The average Bonchev–Trinajstić information content (AvgIpc) is 2.75. The van der Waals surface area contributed by atoms with Gasteiger partial charge in [-0.1, -0.05) is 23.8 Å². The van der Waals surface area contributed by atoms with Gasteiger partial charge in [0.05, 0.1) is 16.1 Å². The van der Waals surface area contributed by atoms with Gasteiger partial charge in [0.1, 0.15) is 4.99 Å². The number of rotatable bonds is 5. The Morgan fingerprint density at radius 3 is 2.94 bits per heavy atom. The van der Waals surface area contributed by atoms with E-state index in [4.69, 9.17) is 29.6 Å². The summed E-state index contributed by atoms with van der Waals surface area (Å²) < 4.78 is 0.799. The van der Waals surface area contributed by atoms with Crippen molar-refractivity contribution in [2.45, 2.75) is 6.42 Å². The van der Waals surface area contributed by atoms with Crippen molar-refractivity contribution in [1.29, 1.82) is 0 Å². The van der Waals surface area contributed by atoms with E-state index >= 15 is 0 Å². The molecule has 0 radical (unpaired) electrons. The molecule has 0 fully saturated rings. The first-order chi connectivity index (χ1) is 8.66. The van der Waals surface area contributed by atoms with Crippen molar-refractivity contribution < 1.29 is 0 Å². The van der Waals surface area contributed by atoms with Gasteiger partial charge in [-0.05, 0) is 24.6 Å². The predicted octanol–water partition coefficient (Wildman–Crippen LogP) is 2.48. The van der Waals surface area contributed by atoms with Gasteiger partial charge in [-0.25, -0.2) is 0 Å². The molecule has 0 aliphatic carbocycles. The summed E-state index contributed by atoms with van der Waals surface area (Å²) in [4.78, 5) is 1.53. The zero-order valence-corrected chi connectivity index (χ0v) is 11.8. The number of nitrogens with two attached hydrogens (primary N) is 1. The van der Waals surface area contributed by atoms with E-state index in [1.54, 1.807) is 23.6 Å². The van der Waals surface area contributed by atoms with Gasteiger partial charge >= 0.3 is 0 Å². The number of aromatic nitrogens is 2. The van der Waals surface area contributed by atoms with E-state index in [2.05, 4.69) is 15.5 Å². The maximum absolute atomic E-state index is 5.87. The van der Waals surface area contributed by atoms with Crippen molar-refractivity contribution in [3.63, 3.8) is 0 Å². The van der Waals surface area contributed by atoms with E-state index in [0.29, 0.717) is 16.4 Å². The molecule has 0 unspecified atom stereocenters. The first-order valence-electron chi connectivity index (χ1n) is 5.26. The lowest BCUT2D eigenvalue weighted by Gasteiger charge is -2.07. The molecule has 0 atom stereocenters. The Morgan fingerprint density at radius 1 is 1.44 bits per heavy atom. The zero-order chi connectivity index (χ0) is 13.0.